The summed E-state index contributed by atoms with van der Waals surface area (Å²) in [6.45, 7) is 8.37. The molecule has 1 heterocycles. The van der Waals surface area contributed by atoms with Crippen LogP contribution in [0.15, 0.2) is 32.7 Å². The third-order valence-corrected chi connectivity index (χ3v) is 6.58. The molecular weight excluding hydrogens is 354 g/mol. The quantitative estimate of drug-likeness (QED) is 0.856. The largest absolute Gasteiger partial charge is 0.331 e. The minimum atomic E-state index is -3.71. The number of hydrogen-bond donors (Lipinski definition) is 1. The van der Waals surface area contributed by atoms with Gasteiger partial charge < -0.3 is 0 Å². The molecule has 0 unspecified atom stereocenters. The summed E-state index contributed by atoms with van der Waals surface area (Å²) >= 11 is 0. The van der Waals surface area contributed by atoms with Crippen molar-refractivity contribution in [3.8, 4) is 0 Å². The topological polar surface area (TPSA) is 90.2 Å². The van der Waals surface area contributed by atoms with Gasteiger partial charge in [-0.15, -0.1) is 0 Å². The van der Waals surface area contributed by atoms with E-state index < -0.39 is 15.6 Å². The van der Waals surface area contributed by atoms with Gasteiger partial charge in [0.05, 0.1) is 15.8 Å². The zero-order valence-electron chi connectivity index (χ0n) is 15.6. The molecule has 1 saturated carbocycles. The number of nitrogens with one attached hydrogen (secondary N) is 1. The first-order valence-electron chi connectivity index (χ1n) is 8.89. The summed E-state index contributed by atoms with van der Waals surface area (Å²) in [5.74, 6) is 0. The predicted octanol–water partition coefficient (Wildman–Crippen LogP) is 1.67. The average molecular weight is 379 g/mol. The molecule has 3 rings (SSSR count). The molecule has 1 aliphatic rings. The molecule has 1 aromatic heterocycles. The summed E-state index contributed by atoms with van der Waals surface area (Å²) in [7, 11) is -3.71. The molecule has 1 fully saturated rings. The van der Waals surface area contributed by atoms with Crippen LogP contribution in [0.25, 0.3) is 10.9 Å². The van der Waals surface area contributed by atoms with Crippen molar-refractivity contribution in [2.24, 2.45) is 5.41 Å². The first-order chi connectivity index (χ1) is 12.1. The summed E-state index contributed by atoms with van der Waals surface area (Å²) < 4.78 is 30.7. The van der Waals surface area contributed by atoms with E-state index in [0.717, 1.165) is 17.4 Å². The molecule has 8 heteroatoms. The molecule has 0 radical (unpaired) electrons. The molecule has 26 heavy (non-hydrogen) atoms. The summed E-state index contributed by atoms with van der Waals surface area (Å²) in [5.41, 5.74) is -0.226. The second-order valence-corrected chi connectivity index (χ2v) is 9.36. The van der Waals surface area contributed by atoms with Crippen molar-refractivity contribution in [1.29, 1.82) is 0 Å². The van der Waals surface area contributed by atoms with Crippen molar-refractivity contribution in [2.45, 2.75) is 64.6 Å². The fourth-order valence-corrected chi connectivity index (χ4v) is 5.06. The Morgan fingerprint density at radius 2 is 1.73 bits per heavy atom. The Hall–Kier alpha value is -1.93. The Kier molecular flexibility index (Phi) is 4.60. The maximum Gasteiger partial charge on any atom is 0.331 e. The first-order valence-corrected chi connectivity index (χ1v) is 10.4. The van der Waals surface area contributed by atoms with Crippen LogP contribution in [0.2, 0.25) is 0 Å². The van der Waals surface area contributed by atoms with E-state index in [0.29, 0.717) is 12.1 Å². The van der Waals surface area contributed by atoms with Gasteiger partial charge in [-0.05, 0) is 50.3 Å². The van der Waals surface area contributed by atoms with Gasteiger partial charge in [0.25, 0.3) is 5.56 Å². The molecule has 0 atom stereocenters. The molecule has 2 aromatic rings. The lowest BCUT2D eigenvalue weighted by Crippen LogP contribution is -2.48. The fourth-order valence-electron chi connectivity index (χ4n) is 3.80. The molecule has 1 aromatic carbocycles. The minimum absolute atomic E-state index is 0.0516. The highest BCUT2D eigenvalue weighted by Crippen LogP contribution is 2.40. The third-order valence-electron chi connectivity index (χ3n) is 5.06. The van der Waals surface area contributed by atoms with Crippen LogP contribution in [0.1, 0.15) is 40.5 Å². The van der Waals surface area contributed by atoms with E-state index in [9.17, 15) is 18.0 Å². The second-order valence-electron chi connectivity index (χ2n) is 7.65. The highest BCUT2D eigenvalue weighted by molar-refractivity contribution is 7.89. The van der Waals surface area contributed by atoms with Crippen LogP contribution in [0.3, 0.4) is 0 Å². The molecule has 0 saturated heterocycles. The number of nitrogens with zero attached hydrogens (tertiary/aromatic N) is 2. The van der Waals surface area contributed by atoms with Crippen LogP contribution >= 0.6 is 0 Å². The molecule has 0 aliphatic heterocycles. The van der Waals surface area contributed by atoms with Gasteiger partial charge in [0.2, 0.25) is 10.0 Å². The zero-order chi connectivity index (χ0) is 19.3. The lowest BCUT2D eigenvalue weighted by atomic mass is 9.69. The second kappa shape index (κ2) is 6.35. The van der Waals surface area contributed by atoms with Crippen LogP contribution in [-0.2, 0) is 23.1 Å². The molecule has 142 valence electrons. The van der Waals surface area contributed by atoms with Crippen molar-refractivity contribution >= 4 is 20.9 Å². The summed E-state index contributed by atoms with van der Waals surface area (Å²) in [4.78, 5) is 25.1. The Morgan fingerprint density at radius 3 is 2.27 bits per heavy atom. The number of benzene rings is 1. The van der Waals surface area contributed by atoms with Crippen LogP contribution in [-0.4, -0.2) is 23.6 Å². The number of aryl methyl sites for hydroxylation is 1. The van der Waals surface area contributed by atoms with Crippen molar-refractivity contribution in [3.63, 3.8) is 0 Å². The van der Waals surface area contributed by atoms with Crippen molar-refractivity contribution in [3.05, 3.63) is 39.0 Å². The smallest absolute Gasteiger partial charge is 0.293 e. The Labute approximate surface area is 152 Å². The summed E-state index contributed by atoms with van der Waals surface area (Å²) in [6.07, 6.45) is 1.58. The van der Waals surface area contributed by atoms with Crippen LogP contribution in [0, 0.1) is 5.41 Å². The van der Waals surface area contributed by atoms with Crippen molar-refractivity contribution in [2.75, 3.05) is 0 Å². The zero-order valence-corrected chi connectivity index (χ0v) is 16.4. The first kappa shape index (κ1) is 18.8. The highest BCUT2D eigenvalue weighted by Gasteiger charge is 2.38. The van der Waals surface area contributed by atoms with Gasteiger partial charge in [0, 0.05) is 19.1 Å². The third kappa shape index (κ3) is 3.12. The standard InChI is InChI=1S/C18H25N3O4S/c1-5-20-15-8-7-13(9-14(15)16(22)21(6-2)17(20)23)26(24,25)19-12-10-18(3,4)11-12/h7-9,12,19H,5-6,10-11H2,1-4H3. The maximum atomic E-state index is 12.7. The highest BCUT2D eigenvalue weighted by atomic mass is 32.2. The molecule has 0 bridgehead atoms. The summed E-state index contributed by atoms with van der Waals surface area (Å²) in [6, 6.07) is 4.29. The van der Waals surface area contributed by atoms with Gasteiger partial charge in [-0.25, -0.2) is 17.9 Å². The SMILES string of the molecule is CCn1c(=O)c2cc(S(=O)(=O)NC3CC(C)(C)C3)ccc2n(CC)c1=O. The molecule has 7 nitrogen and oxygen atoms in total. The minimum Gasteiger partial charge on any atom is -0.293 e. The lowest BCUT2D eigenvalue weighted by Gasteiger charge is -2.42. The fraction of sp³-hybridized carbons (Fsp3) is 0.556. The van der Waals surface area contributed by atoms with Crippen LogP contribution in [0.4, 0.5) is 0 Å². The van der Waals surface area contributed by atoms with E-state index in [1.54, 1.807) is 13.0 Å². The summed E-state index contributed by atoms with van der Waals surface area (Å²) in [5, 5.41) is 0.241. The van der Waals surface area contributed by atoms with E-state index in [1.165, 1.54) is 16.7 Å². The number of rotatable bonds is 5. The van der Waals surface area contributed by atoms with Gasteiger partial charge in [-0.1, -0.05) is 13.8 Å². The number of aromatic nitrogens is 2. The molecule has 0 amide bonds. The van der Waals surface area contributed by atoms with Crippen LogP contribution < -0.4 is 16.0 Å². The van der Waals surface area contributed by atoms with Gasteiger partial charge in [0.1, 0.15) is 0 Å². The van der Waals surface area contributed by atoms with Gasteiger partial charge in [-0.2, -0.15) is 0 Å². The number of fused-ring (bicyclic) bond motifs is 1. The molecule has 0 spiro atoms. The normalized spacial score (nSPS) is 17.4. The monoisotopic (exact) mass is 379 g/mol. The van der Waals surface area contributed by atoms with Gasteiger partial charge in [0.15, 0.2) is 0 Å². The Bertz CT molecular complexity index is 1070. The predicted molar refractivity (Wildman–Crippen MR) is 101 cm³/mol. The molecule has 1 N–H and O–H groups in total. The van der Waals surface area contributed by atoms with Crippen molar-refractivity contribution in [1.82, 2.24) is 13.9 Å². The van der Waals surface area contributed by atoms with E-state index in [-0.39, 0.29) is 34.0 Å². The van der Waals surface area contributed by atoms with E-state index in [1.807, 2.05) is 6.92 Å². The Balaban J connectivity index is 2.09. The van der Waals surface area contributed by atoms with Gasteiger partial charge in [-0.3, -0.25) is 13.9 Å². The Morgan fingerprint density at radius 1 is 1.12 bits per heavy atom. The molecule has 1 aliphatic carbocycles. The van der Waals surface area contributed by atoms with Crippen molar-refractivity contribution < 1.29 is 8.42 Å². The van der Waals surface area contributed by atoms with E-state index >= 15 is 0 Å². The molecular formula is C18H25N3O4S. The van der Waals surface area contributed by atoms with E-state index in [2.05, 4.69) is 18.6 Å². The average Bonchev–Trinajstić information content (AvgIpc) is 2.53. The lowest BCUT2D eigenvalue weighted by molar-refractivity contribution is 0.143. The van der Waals surface area contributed by atoms with Crippen LogP contribution in [0.5, 0.6) is 0 Å². The number of sulfonamides is 1. The maximum absolute atomic E-state index is 12.7. The van der Waals surface area contributed by atoms with Gasteiger partial charge >= 0.3 is 5.69 Å². The van der Waals surface area contributed by atoms with E-state index in [4.69, 9.17) is 0 Å². The number of hydrogen-bond acceptors (Lipinski definition) is 4.